The van der Waals surface area contributed by atoms with Gasteiger partial charge in [0.2, 0.25) is 0 Å². The fraction of sp³-hybridized carbons (Fsp3) is 0.517. The van der Waals surface area contributed by atoms with Crippen LogP contribution in [0.3, 0.4) is 0 Å². The molecule has 2 N–H and O–H groups in total. The smallest absolute Gasteiger partial charge is 0.123 e. The summed E-state index contributed by atoms with van der Waals surface area (Å²) in [6.45, 7) is 12.1. The molecule has 0 fully saturated rings. The molecular weight excluding hydrogens is 432 g/mol. The molecule has 35 heavy (non-hydrogen) atoms. The summed E-state index contributed by atoms with van der Waals surface area (Å²) < 4.78 is 0. The molecule has 1 aliphatic carbocycles. The van der Waals surface area contributed by atoms with E-state index in [9.17, 15) is 0 Å². The summed E-state index contributed by atoms with van der Waals surface area (Å²) in [5.74, 6) is 1.96. The minimum absolute atomic E-state index is 0.164. The monoisotopic (exact) mass is 474 g/mol. The minimum Gasteiger partial charge on any atom is -0.348 e. The van der Waals surface area contributed by atoms with Gasteiger partial charge >= 0.3 is 0 Å². The van der Waals surface area contributed by atoms with Gasteiger partial charge in [0.05, 0.1) is 12.6 Å². The molecule has 0 bridgehead atoms. The molecule has 0 radical (unpaired) electrons. The van der Waals surface area contributed by atoms with Crippen molar-refractivity contribution in [2.75, 3.05) is 19.6 Å². The van der Waals surface area contributed by atoms with E-state index in [2.05, 4.69) is 74.8 Å². The fourth-order valence-corrected chi connectivity index (χ4v) is 5.20. The average Bonchev–Trinajstić information content (AvgIpc) is 3.63. The van der Waals surface area contributed by atoms with E-state index in [4.69, 9.17) is 0 Å². The lowest BCUT2D eigenvalue weighted by Gasteiger charge is -2.27. The van der Waals surface area contributed by atoms with Gasteiger partial charge in [-0.05, 0) is 81.8 Å². The van der Waals surface area contributed by atoms with Crippen LogP contribution in [0.15, 0.2) is 48.6 Å². The first-order valence-electron chi connectivity index (χ1n) is 13.4. The van der Waals surface area contributed by atoms with Crippen LogP contribution in [-0.2, 0) is 19.5 Å². The first-order valence-corrected chi connectivity index (χ1v) is 13.4. The van der Waals surface area contributed by atoms with Crippen LogP contribution in [0.4, 0.5) is 0 Å². The largest absolute Gasteiger partial charge is 0.348 e. The van der Waals surface area contributed by atoms with E-state index >= 15 is 0 Å². The zero-order valence-electron chi connectivity index (χ0n) is 21.8. The van der Waals surface area contributed by atoms with E-state index in [1.807, 2.05) is 24.8 Å². The Morgan fingerprint density at radius 2 is 1.74 bits per heavy atom. The van der Waals surface area contributed by atoms with Crippen LogP contribution in [0.2, 0.25) is 0 Å². The number of fused-ring (bicyclic) bond motifs is 1. The highest BCUT2D eigenvalue weighted by atomic mass is 15.2. The van der Waals surface area contributed by atoms with Crippen LogP contribution >= 0.6 is 0 Å². The highest BCUT2D eigenvalue weighted by Gasteiger charge is 2.21. The molecule has 2 aromatic heterocycles. The molecule has 1 aromatic carbocycles. The van der Waals surface area contributed by atoms with Gasteiger partial charge in [-0.25, -0.2) is 9.97 Å². The zero-order chi connectivity index (χ0) is 24.5. The maximum absolute atomic E-state index is 4.50. The summed E-state index contributed by atoms with van der Waals surface area (Å²) >= 11 is 0. The molecule has 1 aliphatic rings. The molecule has 1 atom stereocenters. The second kappa shape index (κ2) is 12.8. The third-order valence-electron chi connectivity index (χ3n) is 7.04. The Balaban J connectivity index is 1.33. The SMILES string of the molecule is CCCN(CCC)CCCCC1=Cc2ccc(CN(Cc3ncc[nH]3)C(C)c3ncc[nH]3)cc2C1. The second-order valence-corrected chi connectivity index (χ2v) is 9.90. The van der Waals surface area contributed by atoms with Crippen molar-refractivity contribution < 1.29 is 0 Å². The van der Waals surface area contributed by atoms with E-state index in [0.717, 1.165) is 31.2 Å². The average molecular weight is 475 g/mol. The van der Waals surface area contributed by atoms with Crippen molar-refractivity contribution in [2.24, 2.45) is 0 Å². The number of imidazole rings is 2. The Kier molecular flexibility index (Phi) is 9.32. The highest BCUT2D eigenvalue weighted by Crippen LogP contribution is 2.30. The van der Waals surface area contributed by atoms with Gasteiger partial charge in [-0.1, -0.05) is 43.7 Å². The number of nitrogens with one attached hydrogen (secondary N) is 2. The molecule has 2 heterocycles. The predicted octanol–water partition coefficient (Wildman–Crippen LogP) is 6.13. The molecule has 4 rings (SSSR count). The number of unbranched alkanes of at least 4 members (excludes halogenated alkanes) is 1. The lowest BCUT2D eigenvalue weighted by molar-refractivity contribution is 0.181. The maximum Gasteiger partial charge on any atom is 0.123 e. The van der Waals surface area contributed by atoms with Gasteiger partial charge in [0, 0.05) is 31.3 Å². The lowest BCUT2D eigenvalue weighted by atomic mass is 10.0. The van der Waals surface area contributed by atoms with Crippen molar-refractivity contribution in [1.29, 1.82) is 0 Å². The first kappa shape index (κ1) is 25.4. The maximum atomic E-state index is 4.50. The summed E-state index contributed by atoms with van der Waals surface area (Å²) in [5.41, 5.74) is 5.81. The molecule has 0 aliphatic heterocycles. The van der Waals surface area contributed by atoms with Crippen LogP contribution in [0, 0.1) is 0 Å². The number of rotatable bonds is 15. The van der Waals surface area contributed by atoms with Crippen molar-refractivity contribution in [3.05, 3.63) is 76.9 Å². The summed E-state index contributed by atoms with van der Waals surface area (Å²) in [7, 11) is 0. The number of hydrogen-bond donors (Lipinski definition) is 2. The molecule has 6 nitrogen and oxygen atoms in total. The molecule has 0 amide bonds. The molecule has 3 aromatic rings. The van der Waals surface area contributed by atoms with Crippen molar-refractivity contribution in [2.45, 2.75) is 78.4 Å². The Morgan fingerprint density at radius 3 is 2.46 bits per heavy atom. The van der Waals surface area contributed by atoms with Gasteiger partial charge in [-0.15, -0.1) is 0 Å². The predicted molar refractivity (Wildman–Crippen MR) is 144 cm³/mol. The lowest BCUT2D eigenvalue weighted by Crippen LogP contribution is -2.27. The topological polar surface area (TPSA) is 63.8 Å². The van der Waals surface area contributed by atoms with Crippen LogP contribution in [-0.4, -0.2) is 49.4 Å². The van der Waals surface area contributed by atoms with Crippen LogP contribution in [0.1, 0.15) is 87.3 Å². The van der Waals surface area contributed by atoms with Crippen LogP contribution in [0.25, 0.3) is 6.08 Å². The van der Waals surface area contributed by atoms with Gasteiger partial charge in [0.1, 0.15) is 11.6 Å². The van der Waals surface area contributed by atoms with E-state index in [1.165, 1.54) is 68.4 Å². The minimum atomic E-state index is 0.164. The summed E-state index contributed by atoms with van der Waals surface area (Å²) in [6.07, 6.45) is 17.3. The molecular formula is C29H42N6. The second-order valence-electron chi connectivity index (χ2n) is 9.90. The third-order valence-corrected chi connectivity index (χ3v) is 7.04. The van der Waals surface area contributed by atoms with Gasteiger partial charge in [0.15, 0.2) is 0 Å². The van der Waals surface area contributed by atoms with Crippen molar-refractivity contribution in [3.8, 4) is 0 Å². The quantitative estimate of drug-likeness (QED) is 0.260. The molecule has 188 valence electrons. The van der Waals surface area contributed by atoms with Gasteiger partial charge in [0.25, 0.3) is 0 Å². The number of aromatic amines is 2. The number of benzene rings is 1. The number of allylic oxidation sites excluding steroid dienone is 1. The summed E-state index contributed by atoms with van der Waals surface area (Å²) in [4.78, 5) is 20.5. The number of aromatic nitrogens is 4. The molecule has 0 saturated heterocycles. The van der Waals surface area contributed by atoms with E-state index in [0.29, 0.717) is 0 Å². The summed E-state index contributed by atoms with van der Waals surface area (Å²) in [5, 5.41) is 0. The van der Waals surface area contributed by atoms with Crippen LogP contribution < -0.4 is 0 Å². The third kappa shape index (κ3) is 7.15. The van der Waals surface area contributed by atoms with Gasteiger partial charge < -0.3 is 14.9 Å². The number of nitrogens with zero attached hydrogens (tertiary/aromatic N) is 4. The van der Waals surface area contributed by atoms with Crippen molar-refractivity contribution in [3.63, 3.8) is 0 Å². The van der Waals surface area contributed by atoms with Crippen LogP contribution in [0.5, 0.6) is 0 Å². The zero-order valence-corrected chi connectivity index (χ0v) is 21.8. The summed E-state index contributed by atoms with van der Waals surface area (Å²) in [6, 6.07) is 7.17. The van der Waals surface area contributed by atoms with Crippen molar-refractivity contribution in [1.82, 2.24) is 29.7 Å². The Labute approximate surface area is 210 Å². The van der Waals surface area contributed by atoms with E-state index < -0.39 is 0 Å². The first-order chi connectivity index (χ1) is 17.2. The van der Waals surface area contributed by atoms with Gasteiger partial charge in [-0.3, -0.25) is 4.90 Å². The molecule has 0 spiro atoms. The van der Waals surface area contributed by atoms with E-state index in [1.54, 1.807) is 5.57 Å². The fourth-order valence-electron chi connectivity index (χ4n) is 5.20. The molecule has 6 heteroatoms. The number of H-pyrrole nitrogens is 2. The Morgan fingerprint density at radius 1 is 0.943 bits per heavy atom. The highest BCUT2D eigenvalue weighted by molar-refractivity contribution is 5.64. The van der Waals surface area contributed by atoms with Crippen molar-refractivity contribution >= 4 is 6.08 Å². The van der Waals surface area contributed by atoms with E-state index in [-0.39, 0.29) is 6.04 Å². The number of hydrogen-bond acceptors (Lipinski definition) is 4. The molecule has 0 saturated carbocycles. The Bertz CT molecular complexity index is 1030. The normalized spacial score (nSPS) is 14.0. The Hall–Kier alpha value is -2.70. The van der Waals surface area contributed by atoms with Gasteiger partial charge in [-0.2, -0.15) is 0 Å². The molecule has 1 unspecified atom stereocenters. The standard InChI is InChI=1S/C29H42N6/c1-4-15-34(16-5-2)17-7-6-8-24-18-26-10-9-25(20-27(26)19-24)21-35(22-28-30-11-12-31-28)23(3)29-32-13-14-33-29/h9-14,18,20,23H,4-8,15-17,19,21-22H2,1-3H3,(H,30,31)(H,32,33).